The molecule has 0 unspecified atom stereocenters. The van der Waals surface area contributed by atoms with Gasteiger partial charge >= 0.3 is 0 Å². The molecule has 2 saturated carbocycles. The highest BCUT2D eigenvalue weighted by Crippen LogP contribution is 2.51. The summed E-state index contributed by atoms with van der Waals surface area (Å²) in [5, 5.41) is 12.0. The van der Waals surface area contributed by atoms with Crippen molar-refractivity contribution in [3.8, 4) is 0 Å². The molecule has 0 bridgehead atoms. The molecule has 7 heterocycles. The Kier molecular flexibility index (Phi) is 11.9. The van der Waals surface area contributed by atoms with Crippen molar-refractivity contribution in [2.24, 2.45) is 5.41 Å². The lowest BCUT2D eigenvalue weighted by Crippen LogP contribution is -2.65. The lowest BCUT2D eigenvalue weighted by atomic mass is 9.59. The molecular formula is C53H59N13O6. The van der Waals surface area contributed by atoms with E-state index in [-0.39, 0.29) is 54.4 Å². The third-order valence-electron chi connectivity index (χ3n) is 16.6. The van der Waals surface area contributed by atoms with E-state index in [2.05, 4.69) is 74.8 Å². The number of carbonyl (C=O) groups excluding carboxylic acids is 6. The molecule has 1 spiro atoms. The van der Waals surface area contributed by atoms with E-state index in [0.717, 1.165) is 79.4 Å². The second-order valence-corrected chi connectivity index (χ2v) is 20.9. The van der Waals surface area contributed by atoms with Crippen LogP contribution in [0.4, 0.5) is 22.9 Å². The standard InChI is InChI=1S/C53H59N13O6/c67-44-13-12-43(50(70)60-44)66-51(71)41-11-8-35(25-42(41)52(66)72)54-28-46(69)64-29-40(30-64)61-16-14-53(15-17-61)26-39(27-53)63-20-18-62(19-21-63)37-9-6-34(7-10-37)59-48-47-49(56-31-55-48)65(32-57-47)38-23-36(24-38)58-45(68)22-33-4-2-1-3-5-33/h1-11,25,31-32,36,38-40,43,54H,12-24,26-30H2,(H,58,68)(H,55,56,59)(H,60,67,70)/t36?,38?,43-/m0/s1. The minimum Gasteiger partial charge on any atom is -0.376 e. The number of hydrogen-bond donors (Lipinski definition) is 4. The third-order valence-corrected chi connectivity index (χ3v) is 16.6. The topological polar surface area (TPSA) is 210 Å². The Bertz CT molecular complexity index is 2930. The maximum absolute atomic E-state index is 13.2. The molecule has 372 valence electrons. The van der Waals surface area contributed by atoms with E-state index in [1.54, 1.807) is 24.5 Å². The normalized spacial score (nSPS) is 23.6. The molecule has 0 radical (unpaired) electrons. The number of fused-ring (bicyclic) bond motifs is 2. The number of piperazine rings is 1. The van der Waals surface area contributed by atoms with Crippen LogP contribution in [0.2, 0.25) is 0 Å². The number of piperidine rings is 2. The quantitative estimate of drug-likeness (QED) is 0.124. The van der Waals surface area contributed by atoms with E-state index in [0.29, 0.717) is 48.5 Å². The van der Waals surface area contributed by atoms with Gasteiger partial charge in [-0.25, -0.2) is 15.0 Å². The first kappa shape index (κ1) is 45.9. The number of nitrogens with zero attached hydrogens (tertiary/aromatic N) is 9. The molecule has 5 aromatic rings. The number of rotatable bonds is 13. The SMILES string of the molecule is O=C1CC[C@H](N2C(=O)c3ccc(NCC(=O)N4CC(N5CCC6(CC5)CC(N5CCN(c7ccc(Nc8ncnc9c8ncn9C8CC(NC(=O)Cc9ccccc9)C8)cc7)CC5)C6)C4)cc3C2=O)C(=O)N1. The Labute approximate surface area is 416 Å². The van der Waals surface area contributed by atoms with Gasteiger partial charge in [-0.1, -0.05) is 30.3 Å². The second kappa shape index (κ2) is 18.7. The van der Waals surface area contributed by atoms with E-state index < -0.39 is 29.7 Å². The number of nitrogens with one attached hydrogen (secondary N) is 4. The van der Waals surface area contributed by atoms with Gasteiger partial charge in [0.25, 0.3) is 11.8 Å². The third kappa shape index (κ3) is 8.82. The van der Waals surface area contributed by atoms with Crippen molar-refractivity contribution in [3.63, 3.8) is 0 Å². The van der Waals surface area contributed by atoms with Crippen LogP contribution in [0.25, 0.3) is 11.2 Å². The van der Waals surface area contributed by atoms with Crippen LogP contribution in [-0.4, -0.2) is 158 Å². The molecule has 4 saturated heterocycles. The zero-order valence-corrected chi connectivity index (χ0v) is 40.2. The van der Waals surface area contributed by atoms with Gasteiger partial charge in [0.2, 0.25) is 23.6 Å². The molecule has 4 N–H and O–H groups in total. The van der Waals surface area contributed by atoms with Crippen molar-refractivity contribution in [2.75, 3.05) is 74.4 Å². The average molecular weight is 974 g/mol. The van der Waals surface area contributed by atoms with Crippen molar-refractivity contribution >= 4 is 69.5 Å². The van der Waals surface area contributed by atoms with Crippen LogP contribution in [0.15, 0.2) is 85.5 Å². The number of imide groups is 2. The summed E-state index contributed by atoms with van der Waals surface area (Å²) in [5.41, 5.74) is 6.04. The molecule has 6 amide bonds. The van der Waals surface area contributed by atoms with Crippen molar-refractivity contribution in [1.29, 1.82) is 0 Å². The summed E-state index contributed by atoms with van der Waals surface area (Å²) in [7, 11) is 0. The highest BCUT2D eigenvalue weighted by Gasteiger charge is 2.50. The van der Waals surface area contributed by atoms with E-state index >= 15 is 0 Å². The lowest BCUT2D eigenvalue weighted by Gasteiger charge is -2.58. The number of carbonyl (C=O) groups is 6. The summed E-state index contributed by atoms with van der Waals surface area (Å²) in [6.07, 6.45) is 10.6. The number of imidazole rings is 1. The van der Waals surface area contributed by atoms with Gasteiger partial charge in [0, 0.05) is 86.9 Å². The van der Waals surface area contributed by atoms with E-state index in [4.69, 9.17) is 4.98 Å². The van der Waals surface area contributed by atoms with Gasteiger partial charge in [-0.05, 0) is 111 Å². The number of aromatic nitrogens is 4. The van der Waals surface area contributed by atoms with Crippen LogP contribution >= 0.6 is 0 Å². The monoisotopic (exact) mass is 973 g/mol. The molecule has 3 aromatic carbocycles. The van der Waals surface area contributed by atoms with E-state index in [9.17, 15) is 28.8 Å². The molecule has 5 aliphatic heterocycles. The van der Waals surface area contributed by atoms with Crippen LogP contribution in [0.5, 0.6) is 0 Å². The zero-order chi connectivity index (χ0) is 49.1. The Hall–Kier alpha value is -7.25. The number of likely N-dealkylation sites (tertiary alicyclic amines) is 2. The molecule has 19 heteroatoms. The molecule has 2 aromatic heterocycles. The number of amides is 6. The molecule has 12 rings (SSSR count). The van der Waals surface area contributed by atoms with Crippen LogP contribution in [0.3, 0.4) is 0 Å². The second-order valence-electron chi connectivity index (χ2n) is 20.9. The zero-order valence-electron chi connectivity index (χ0n) is 40.2. The van der Waals surface area contributed by atoms with Crippen LogP contribution in [-0.2, 0) is 25.6 Å². The summed E-state index contributed by atoms with van der Waals surface area (Å²) >= 11 is 0. The smallest absolute Gasteiger partial charge is 0.262 e. The van der Waals surface area contributed by atoms with Crippen molar-refractivity contribution in [2.45, 2.75) is 88.0 Å². The van der Waals surface area contributed by atoms with Gasteiger partial charge < -0.3 is 30.3 Å². The molecular weight excluding hydrogens is 915 g/mol. The summed E-state index contributed by atoms with van der Waals surface area (Å²) in [6, 6.07) is 23.5. The first-order valence-corrected chi connectivity index (χ1v) is 25.5. The molecule has 7 aliphatic rings. The summed E-state index contributed by atoms with van der Waals surface area (Å²) in [4.78, 5) is 100. The molecule has 1 atom stereocenters. The predicted octanol–water partition coefficient (Wildman–Crippen LogP) is 3.72. The van der Waals surface area contributed by atoms with Crippen molar-refractivity contribution in [1.82, 2.24) is 49.8 Å². The van der Waals surface area contributed by atoms with Gasteiger partial charge in [-0.3, -0.25) is 48.8 Å². The molecule has 19 nitrogen and oxygen atoms in total. The summed E-state index contributed by atoms with van der Waals surface area (Å²) < 4.78 is 2.11. The highest BCUT2D eigenvalue weighted by atomic mass is 16.2. The fraction of sp³-hybridized carbons (Fsp3) is 0.453. The van der Waals surface area contributed by atoms with Gasteiger partial charge in [-0.2, -0.15) is 0 Å². The number of benzene rings is 3. The van der Waals surface area contributed by atoms with Crippen molar-refractivity contribution in [3.05, 3.63) is 102 Å². The van der Waals surface area contributed by atoms with Gasteiger partial charge in [0.15, 0.2) is 17.0 Å². The Morgan fingerprint density at radius 2 is 1.47 bits per heavy atom. The Morgan fingerprint density at radius 1 is 0.750 bits per heavy atom. The number of anilines is 4. The largest absolute Gasteiger partial charge is 0.376 e. The molecule has 72 heavy (non-hydrogen) atoms. The van der Waals surface area contributed by atoms with Gasteiger partial charge in [-0.15, -0.1) is 0 Å². The maximum Gasteiger partial charge on any atom is 0.262 e. The summed E-state index contributed by atoms with van der Waals surface area (Å²) in [5.74, 6) is -1.49. The molecule has 6 fully saturated rings. The predicted molar refractivity (Wildman–Crippen MR) is 267 cm³/mol. The lowest BCUT2D eigenvalue weighted by molar-refractivity contribution is -0.138. The Morgan fingerprint density at radius 3 is 2.22 bits per heavy atom. The minimum atomic E-state index is -1.02. The Balaban J connectivity index is 0.549. The molecule has 2 aliphatic carbocycles. The summed E-state index contributed by atoms with van der Waals surface area (Å²) in [6.45, 7) is 7.73. The van der Waals surface area contributed by atoms with E-state index in [1.165, 1.54) is 31.4 Å². The average Bonchev–Trinajstić information content (AvgIpc) is 3.89. The van der Waals surface area contributed by atoms with E-state index in [1.807, 2.05) is 41.6 Å². The van der Waals surface area contributed by atoms with Gasteiger partial charge in [0.1, 0.15) is 12.4 Å². The highest BCUT2D eigenvalue weighted by molar-refractivity contribution is 6.23. The fourth-order valence-electron chi connectivity index (χ4n) is 12.2. The van der Waals surface area contributed by atoms with Crippen LogP contribution in [0, 0.1) is 5.41 Å². The minimum absolute atomic E-state index is 0.0170. The fourth-order valence-corrected chi connectivity index (χ4v) is 12.2. The maximum atomic E-state index is 13.2. The first-order chi connectivity index (χ1) is 35.0. The van der Waals surface area contributed by atoms with Gasteiger partial charge in [0.05, 0.1) is 30.4 Å². The van der Waals surface area contributed by atoms with Crippen LogP contribution in [0.1, 0.15) is 83.7 Å². The first-order valence-electron chi connectivity index (χ1n) is 25.5. The van der Waals surface area contributed by atoms with Crippen molar-refractivity contribution < 1.29 is 28.8 Å². The number of hydrogen-bond acceptors (Lipinski definition) is 14. The van der Waals surface area contributed by atoms with Crippen LogP contribution < -0.4 is 26.2 Å².